The van der Waals surface area contributed by atoms with Crippen molar-refractivity contribution in [2.75, 3.05) is 0 Å². The van der Waals surface area contributed by atoms with Crippen molar-refractivity contribution in [3.05, 3.63) is 77.9 Å². The quantitative estimate of drug-likeness (QED) is 0.237. The van der Waals surface area contributed by atoms with Crippen molar-refractivity contribution < 1.29 is 0 Å². The number of nitrogens with one attached hydrogen (secondary N) is 3. The Labute approximate surface area is 197 Å². The summed E-state index contributed by atoms with van der Waals surface area (Å²) in [6.45, 7) is 4.59. The van der Waals surface area contributed by atoms with Crippen molar-refractivity contribution in [1.29, 1.82) is 0 Å². The maximum Gasteiger partial charge on any atom is 0.124 e. The molecule has 3 N–H and O–H groups in total. The minimum atomic E-state index is -0.0395. The van der Waals surface area contributed by atoms with Crippen LogP contribution in [-0.2, 0) is 12.0 Å². The first-order valence-corrected chi connectivity index (χ1v) is 12.7. The second-order valence-electron chi connectivity index (χ2n) is 9.62. The van der Waals surface area contributed by atoms with Gasteiger partial charge >= 0.3 is 0 Å². The molecule has 1 aliphatic rings. The predicted molar refractivity (Wildman–Crippen MR) is 137 cm³/mol. The molecule has 4 heteroatoms. The molecule has 0 aliphatic carbocycles. The first kappa shape index (κ1) is 22.0. The van der Waals surface area contributed by atoms with Crippen LogP contribution in [0.25, 0.3) is 22.2 Å². The third-order valence-electron chi connectivity index (χ3n) is 7.33. The lowest BCUT2D eigenvalue weighted by Gasteiger charge is -2.42. The molecule has 0 saturated heterocycles. The number of fused-ring (bicyclic) bond motifs is 3. The van der Waals surface area contributed by atoms with E-state index in [1.165, 1.54) is 59.8 Å². The molecule has 0 fully saturated rings. The number of aromatic amines is 2. The minimum absolute atomic E-state index is 0.0395. The zero-order valence-electron chi connectivity index (χ0n) is 20.0. The Balaban J connectivity index is 1.57. The second kappa shape index (κ2) is 9.56. The van der Waals surface area contributed by atoms with E-state index in [0.29, 0.717) is 0 Å². The molecule has 0 spiro atoms. The maximum atomic E-state index is 4.87. The summed E-state index contributed by atoms with van der Waals surface area (Å²) in [5.41, 5.74) is 6.37. The van der Waals surface area contributed by atoms with Gasteiger partial charge in [-0.05, 0) is 36.5 Å². The van der Waals surface area contributed by atoms with E-state index in [2.05, 4.69) is 83.7 Å². The highest BCUT2D eigenvalue weighted by atomic mass is 15.1. The van der Waals surface area contributed by atoms with Gasteiger partial charge in [0.15, 0.2) is 0 Å². The van der Waals surface area contributed by atoms with E-state index in [-0.39, 0.29) is 11.6 Å². The molecule has 4 nitrogen and oxygen atoms in total. The third-order valence-corrected chi connectivity index (χ3v) is 7.33. The number of hydrogen-bond donors (Lipinski definition) is 3. The number of aromatic nitrogens is 3. The second-order valence-corrected chi connectivity index (χ2v) is 9.62. The van der Waals surface area contributed by atoms with Crippen LogP contribution in [0.15, 0.2) is 60.8 Å². The molecule has 5 rings (SSSR count). The fraction of sp³-hybridized carbons (Fsp3) is 0.414. The molecule has 3 heterocycles. The fourth-order valence-electron chi connectivity index (χ4n) is 5.60. The summed E-state index contributed by atoms with van der Waals surface area (Å²) in [7, 11) is 0. The molecular formula is C29H36N4. The van der Waals surface area contributed by atoms with Gasteiger partial charge in [-0.25, -0.2) is 4.98 Å². The van der Waals surface area contributed by atoms with Crippen molar-refractivity contribution in [3.63, 3.8) is 0 Å². The predicted octanol–water partition coefficient (Wildman–Crippen LogP) is 7.41. The third kappa shape index (κ3) is 4.24. The van der Waals surface area contributed by atoms with Crippen LogP contribution in [0.4, 0.5) is 0 Å². The van der Waals surface area contributed by atoms with Crippen LogP contribution in [-0.4, -0.2) is 15.0 Å². The van der Waals surface area contributed by atoms with Crippen LogP contribution >= 0.6 is 0 Å². The first-order chi connectivity index (χ1) is 16.2. The zero-order chi connectivity index (χ0) is 22.7. The van der Waals surface area contributed by atoms with E-state index >= 15 is 0 Å². The number of rotatable bonds is 9. The van der Waals surface area contributed by atoms with Gasteiger partial charge in [0.25, 0.3) is 0 Å². The maximum absolute atomic E-state index is 4.87. The molecule has 2 atom stereocenters. The zero-order valence-corrected chi connectivity index (χ0v) is 20.0. The molecule has 0 saturated carbocycles. The summed E-state index contributed by atoms with van der Waals surface area (Å²) in [6.07, 6.45) is 11.4. The van der Waals surface area contributed by atoms with E-state index in [1.54, 1.807) is 0 Å². The van der Waals surface area contributed by atoms with Crippen LogP contribution in [0.5, 0.6) is 0 Å². The van der Waals surface area contributed by atoms with Crippen LogP contribution in [0.1, 0.15) is 81.9 Å². The minimum Gasteiger partial charge on any atom is -0.357 e. The van der Waals surface area contributed by atoms with Gasteiger partial charge in [0.2, 0.25) is 0 Å². The largest absolute Gasteiger partial charge is 0.357 e. The number of H-pyrrole nitrogens is 2. The Morgan fingerprint density at radius 2 is 1.64 bits per heavy atom. The number of benzene rings is 2. The van der Waals surface area contributed by atoms with Crippen molar-refractivity contribution in [1.82, 2.24) is 20.3 Å². The lowest BCUT2D eigenvalue weighted by Crippen LogP contribution is -2.49. The van der Waals surface area contributed by atoms with Gasteiger partial charge in [-0.1, -0.05) is 94.5 Å². The summed E-state index contributed by atoms with van der Waals surface area (Å²) in [4.78, 5) is 12.4. The van der Waals surface area contributed by atoms with E-state index in [9.17, 15) is 0 Å². The van der Waals surface area contributed by atoms with Gasteiger partial charge in [0, 0.05) is 16.6 Å². The van der Waals surface area contributed by atoms with Crippen LogP contribution < -0.4 is 5.32 Å². The van der Waals surface area contributed by atoms with E-state index in [4.69, 9.17) is 4.98 Å². The fourth-order valence-corrected chi connectivity index (χ4v) is 5.60. The molecule has 0 amide bonds. The lowest BCUT2D eigenvalue weighted by molar-refractivity contribution is 0.210. The standard InChI is InChI=1S/C29H36N4/c1-3-5-12-18-29(17-6-4-2)27-23(22-15-10-11-16-24(22)31-27)19-25(33-29)28-30-20-26(32-28)21-13-8-7-9-14-21/h7-11,13-16,20,25,31,33H,3-6,12,17-19H2,1-2H3,(H,30,32)/t25-,29?/m1/s1. The summed E-state index contributed by atoms with van der Waals surface area (Å²) in [6, 6.07) is 19.5. The smallest absolute Gasteiger partial charge is 0.124 e. The summed E-state index contributed by atoms with van der Waals surface area (Å²) >= 11 is 0. The molecule has 33 heavy (non-hydrogen) atoms. The van der Waals surface area contributed by atoms with E-state index in [1.807, 2.05) is 6.20 Å². The topological polar surface area (TPSA) is 56.5 Å². The molecule has 1 aliphatic heterocycles. The van der Waals surface area contributed by atoms with Gasteiger partial charge in [-0.15, -0.1) is 0 Å². The van der Waals surface area contributed by atoms with Crippen LogP contribution in [0, 0.1) is 0 Å². The van der Waals surface area contributed by atoms with Gasteiger partial charge in [-0.2, -0.15) is 0 Å². The molecule has 0 bridgehead atoms. The Hall–Kier alpha value is -2.85. The van der Waals surface area contributed by atoms with Crippen molar-refractivity contribution in [3.8, 4) is 11.3 Å². The summed E-state index contributed by atoms with van der Waals surface area (Å²) < 4.78 is 0. The summed E-state index contributed by atoms with van der Waals surface area (Å²) in [5.74, 6) is 1.04. The molecular weight excluding hydrogens is 404 g/mol. The Morgan fingerprint density at radius 3 is 2.45 bits per heavy atom. The van der Waals surface area contributed by atoms with Crippen molar-refractivity contribution in [2.45, 2.75) is 76.8 Å². The average molecular weight is 441 g/mol. The van der Waals surface area contributed by atoms with Gasteiger partial charge in [0.1, 0.15) is 5.82 Å². The van der Waals surface area contributed by atoms with E-state index < -0.39 is 0 Å². The Morgan fingerprint density at radius 1 is 0.879 bits per heavy atom. The number of imidazole rings is 1. The van der Waals surface area contributed by atoms with Crippen LogP contribution in [0.2, 0.25) is 0 Å². The van der Waals surface area contributed by atoms with E-state index in [0.717, 1.165) is 30.8 Å². The van der Waals surface area contributed by atoms with Crippen molar-refractivity contribution in [2.24, 2.45) is 0 Å². The normalized spacial score (nSPS) is 20.2. The number of nitrogens with zero attached hydrogens (tertiary/aromatic N) is 1. The van der Waals surface area contributed by atoms with Gasteiger partial charge in [0.05, 0.1) is 23.5 Å². The lowest BCUT2D eigenvalue weighted by atomic mass is 9.77. The highest BCUT2D eigenvalue weighted by molar-refractivity contribution is 5.85. The highest BCUT2D eigenvalue weighted by Gasteiger charge is 2.42. The molecule has 4 aromatic rings. The SMILES string of the molecule is CCCCCC1(CCCC)N[C@@H](c2ncc(-c3ccccc3)[nH]2)Cc2c1[nH]c1ccccc21. The Bertz CT molecular complexity index is 1190. The Kier molecular flexibility index (Phi) is 6.37. The number of unbranched alkanes of at least 4 members (excludes halogenated alkanes) is 3. The molecule has 1 unspecified atom stereocenters. The molecule has 2 aromatic heterocycles. The molecule has 0 radical (unpaired) electrons. The number of para-hydroxylation sites is 1. The summed E-state index contributed by atoms with van der Waals surface area (Å²) in [5, 5.41) is 5.50. The van der Waals surface area contributed by atoms with Crippen LogP contribution in [0.3, 0.4) is 0 Å². The van der Waals surface area contributed by atoms with Gasteiger partial charge < -0.3 is 9.97 Å². The highest BCUT2D eigenvalue weighted by Crippen LogP contribution is 2.44. The molecule has 2 aromatic carbocycles. The first-order valence-electron chi connectivity index (χ1n) is 12.7. The van der Waals surface area contributed by atoms with Crippen molar-refractivity contribution >= 4 is 10.9 Å². The molecule has 172 valence electrons. The monoisotopic (exact) mass is 440 g/mol. The average Bonchev–Trinajstić information content (AvgIpc) is 3.49. The van der Waals surface area contributed by atoms with Gasteiger partial charge in [-0.3, -0.25) is 5.32 Å². The number of hydrogen-bond acceptors (Lipinski definition) is 2.